The summed E-state index contributed by atoms with van der Waals surface area (Å²) in [5.74, 6) is -3.15. The van der Waals surface area contributed by atoms with Crippen molar-refractivity contribution in [1.82, 2.24) is 15.2 Å². The van der Waals surface area contributed by atoms with Gasteiger partial charge in [0.25, 0.3) is 0 Å². The Kier molecular flexibility index (Phi) is 10.9. The zero-order valence-corrected chi connectivity index (χ0v) is 19.6. The number of hydrogen-bond donors (Lipinski definition) is 2. The third-order valence-corrected chi connectivity index (χ3v) is 5.38. The van der Waals surface area contributed by atoms with Gasteiger partial charge < -0.3 is 15.2 Å². The largest absolute Gasteiger partial charge is 0.490 e. The lowest BCUT2D eigenvalue weighted by Crippen LogP contribution is -2.42. The number of carboxylic acid groups (broad SMARTS) is 1. The molecule has 1 aromatic heterocycles. The first-order valence-electron chi connectivity index (χ1n) is 11.0. The van der Waals surface area contributed by atoms with Crippen molar-refractivity contribution in [2.24, 2.45) is 5.92 Å². The Morgan fingerprint density at radius 3 is 2.22 bits per heavy atom. The third-order valence-electron chi connectivity index (χ3n) is 5.38. The molecule has 0 unspecified atom stereocenters. The summed E-state index contributed by atoms with van der Waals surface area (Å²) in [5, 5.41) is 10.1. The second kappa shape index (κ2) is 13.6. The molecule has 8 nitrogen and oxygen atoms in total. The van der Waals surface area contributed by atoms with E-state index in [2.05, 4.69) is 10.3 Å². The molecule has 0 atom stereocenters. The second-order valence-electron chi connectivity index (χ2n) is 8.09. The summed E-state index contributed by atoms with van der Waals surface area (Å²) in [6.07, 6.45) is -1.90. The molecular weight excluding hydrogens is 486 g/mol. The Morgan fingerprint density at radius 1 is 1.11 bits per heavy atom. The molecule has 1 aliphatic heterocycles. The van der Waals surface area contributed by atoms with Crippen molar-refractivity contribution >= 4 is 17.7 Å². The van der Waals surface area contributed by atoms with E-state index in [1.165, 1.54) is 24.3 Å². The minimum absolute atomic E-state index is 0.0303. The summed E-state index contributed by atoms with van der Waals surface area (Å²) in [6, 6.07) is 9.44. The fourth-order valence-corrected chi connectivity index (χ4v) is 3.41. The van der Waals surface area contributed by atoms with E-state index < -0.39 is 12.1 Å². The lowest BCUT2D eigenvalue weighted by Gasteiger charge is -2.30. The summed E-state index contributed by atoms with van der Waals surface area (Å²) < 4.78 is 49.8. The molecule has 1 amide bonds. The molecule has 1 fully saturated rings. The van der Waals surface area contributed by atoms with Crippen LogP contribution in [0.4, 0.5) is 17.6 Å². The zero-order chi connectivity index (χ0) is 26.7. The van der Waals surface area contributed by atoms with E-state index in [-0.39, 0.29) is 23.4 Å². The molecule has 1 aromatic carbocycles. The number of nitrogens with zero attached hydrogens (tertiary/aromatic N) is 2. The average molecular weight is 513 g/mol. The molecule has 12 heteroatoms. The summed E-state index contributed by atoms with van der Waals surface area (Å²) in [7, 11) is 1.62. The van der Waals surface area contributed by atoms with Gasteiger partial charge in [0.2, 0.25) is 5.91 Å². The van der Waals surface area contributed by atoms with Crippen LogP contribution in [-0.4, -0.2) is 65.6 Å². The third kappa shape index (κ3) is 9.70. The number of alkyl halides is 3. The molecule has 196 valence electrons. The number of aromatic nitrogens is 1. The van der Waals surface area contributed by atoms with Gasteiger partial charge in [-0.15, -0.1) is 0 Å². The van der Waals surface area contributed by atoms with Crippen molar-refractivity contribution in [2.45, 2.75) is 32.2 Å². The number of likely N-dealkylation sites (tertiary alicyclic amines) is 1. The Morgan fingerprint density at radius 2 is 1.72 bits per heavy atom. The SMILES string of the molecule is COCc1ccc(CNC(=O)C2CCN(CC(=O)c3ccc(F)cc3)CC2)cn1.O=C(O)C(F)(F)F. The number of amides is 1. The fourth-order valence-electron chi connectivity index (χ4n) is 3.41. The summed E-state index contributed by atoms with van der Waals surface area (Å²) in [6.45, 7) is 2.59. The van der Waals surface area contributed by atoms with Gasteiger partial charge >= 0.3 is 12.1 Å². The van der Waals surface area contributed by atoms with Crippen LogP contribution in [0.5, 0.6) is 0 Å². The van der Waals surface area contributed by atoms with E-state index in [0.717, 1.165) is 11.3 Å². The van der Waals surface area contributed by atoms with E-state index in [9.17, 15) is 27.2 Å². The number of hydrogen-bond acceptors (Lipinski definition) is 6. The highest BCUT2D eigenvalue weighted by molar-refractivity contribution is 5.97. The molecule has 3 rings (SSSR count). The minimum atomic E-state index is -5.08. The predicted octanol–water partition coefficient (Wildman–Crippen LogP) is 3.21. The molecule has 0 saturated carbocycles. The number of ether oxygens (including phenoxy) is 1. The number of Topliss-reactive ketones (excluding diaryl/α,β-unsaturated/α-hetero) is 1. The highest BCUT2D eigenvalue weighted by atomic mass is 19.4. The van der Waals surface area contributed by atoms with Gasteiger partial charge in [0.05, 0.1) is 18.8 Å². The zero-order valence-electron chi connectivity index (χ0n) is 19.6. The number of carboxylic acids is 1. The van der Waals surface area contributed by atoms with Crippen LogP contribution in [0, 0.1) is 11.7 Å². The van der Waals surface area contributed by atoms with Crippen LogP contribution >= 0.6 is 0 Å². The van der Waals surface area contributed by atoms with E-state index in [1.807, 2.05) is 17.0 Å². The Hall–Kier alpha value is -3.38. The van der Waals surface area contributed by atoms with Crippen LogP contribution < -0.4 is 5.32 Å². The lowest BCUT2D eigenvalue weighted by molar-refractivity contribution is -0.192. The fraction of sp³-hybridized carbons (Fsp3) is 0.417. The summed E-state index contributed by atoms with van der Waals surface area (Å²) in [4.78, 5) is 40.0. The molecule has 2 aromatic rings. The van der Waals surface area contributed by atoms with E-state index in [4.69, 9.17) is 14.6 Å². The topological polar surface area (TPSA) is 109 Å². The standard InChI is InChI=1S/C22H26FN3O3.C2HF3O2/c1-29-15-20-7-2-16(12-24-20)13-25-22(28)18-8-10-26(11-9-18)14-21(27)17-3-5-19(23)6-4-17;3-2(4,5)1(6)7/h2-7,12,18H,8-11,13-15H2,1H3,(H,25,28);(H,6,7). The highest BCUT2D eigenvalue weighted by Crippen LogP contribution is 2.18. The predicted molar refractivity (Wildman–Crippen MR) is 120 cm³/mol. The van der Waals surface area contributed by atoms with E-state index >= 15 is 0 Å². The van der Waals surface area contributed by atoms with Gasteiger partial charge in [-0.3, -0.25) is 19.5 Å². The number of nitrogens with one attached hydrogen (secondary N) is 1. The maximum atomic E-state index is 13.0. The molecule has 0 bridgehead atoms. The first kappa shape index (κ1) is 28.9. The quantitative estimate of drug-likeness (QED) is 0.412. The number of benzene rings is 1. The number of halogens is 4. The number of carbonyl (C=O) groups excluding carboxylic acids is 2. The first-order chi connectivity index (χ1) is 17.0. The number of ketones is 1. The van der Waals surface area contributed by atoms with Gasteiger partial charge in [0.1, 0.15) is 5.82 Å². The molecule has 1 aliphatic rings. The summed E-state index contributed by atoms with van der Waals surface area (Å²) >= 11 is 0. The van der Waals surface area contributed by atoms with Crippen LogP contribution in [0.15, 0.2) is 42.6 Å². The van der Waals surface area contributed by atoms with Crippen molar-refractivity contribution in [3.8, 4) is 0 Å². The first-order valence-corrected chi connectivity index (χ1v) is 11.0. The molecule has 2 N–H and O–H groups in total. The maximum Gasteiger partial charge on any atom is 0.490 e. The number of methoxy groups -OCH3 is 1. The minimum Gasteiger partial charge on any atom is -0.475 e. The number of carbonyl (C=O) groups is 3. The lowest BCUT2D eigenvalue weighted by atomic mass is 9.95. The van der Waals surface area contributed by atoms with Crippen molar-refractivity contribution in [3.63, 3.8) is 0 Å². The van der Waals surface area contributed by atoms with Gasteiger partial charge in [-0.05, 0) is 61.8 Å². The van der Waals surface area contributed by atoms with Crippen molar-refractivity contribution in [3.05, 3.63) is 65.2 Å². The van der Waals surface area contributed by atoms with Gasteiger partial charge in [0.15, 0.2) is 5.78 Å². The van der Waals surface area contributed by atoms with Crippen LogP contribution in [0.1, 0.15) is 34.5 Å². The van der Waals surface area contributed by atoms with Gasteiger partial charge in [-0.1, -0.05) is 6.07 Å². The summed E-state index contributed by atoms with van der Waals surface area (Å²) in [5.41, 5.74) is 2.31. The van der Waals surface area contributed by atoms with Crippen LogP contribution in [0.3, 0.4) is 0 Å². The van der Waals surface area contributed by atoms with Crippen molar-refractivity contribution in [2.75, 3.05) is 26.7 Å². The second-order valence-corrected chi connectivity index (χ2v) is 8.09. The normalized spacial score (nSPS) is 14.5. The number of rotatable bonds is 8. The molecular formula is C24H27F4N3O5. The molecule has 1 saturated heterocycles. The van der Waals surface area contributed by atoms with Crippen LogP contribution in [0.25, 0.3) is 0 Å². The van der Waals surface area contributed by atoms with Gasteiger partial charge in [-0.25, -0.2) is 9.18 Å². The Labute approximate surface area is 205 Å². The van der Waals surface area contributed by atoms with Crippen molar-refractivity contribution in [1.29, 1.82) is 0 Å². The molecule has 2 heterocycles. The Bertz CT molecular complexity index is 1010. The van der Waals surface area contributed by atoms with Gasteiger partial charge in [0, 0.05) is 31.3 Å². The molecule has 36 heavy (non-hydrogen) atoms. The average Bonchev–Trinajstić information content (AvgIpc) is 2.84. The molecule has 0 spiro atoms. The smallest absolute Gasteiger partial charge is 0.475 e. The Balaban J connectivity index is 0.000000572. The maximum absolute atomic E-state index is 13.0. The van der Waals surface area contributed by atoms with E-state index in [0.29, 0.717) is 51.2 Å². The van der Waals surface area contributed by atoms with Crippen LogP contribution in [0.2, 0.25) is 0 Å². The monoisotopic (exact) mass is 513 g/mol. The van der Waals surface area contributed by atoms with Crippen LogP contribution in [-0.2, 0) is 27.5 Å². The van der Waals surface area contributed by atoms with Crippen molar-refractivity contribution < 1.29 is 41.8 Å². The number of piperidine rings is 1. The number of pyridine rings is 1. The van der Waals surface area contributed by atoms with Gasteiger partial charge in [-0.2, -0.15) is 13.2 Å². The molecule has 0 radical (unpaired) electrons. The van der Waals surface area contributed by atoms with E-state index in [1.54, 1.807) is 13.3 Å². The molecule has 0 aliphatic carbocycles. The highest BCUT2D eigenvalue weighted by Gasteiger charge is 2.38. The number of aliphatic carboxylic acids is 1.